The summed E-state index contributed by atoms with van der Waals surface area (Å²) in [7, 11) is 1.68. The Kier molecular flexibility index (Phi) is 4.66. The Morgan fingerprint density at radius 1 is 1.41 bits per heavy atom. The second kappa shape index (κ2) is 6.24. The van der Waals surface area contributed by atoms with Gasteiger partial charge in [0.05, 0.1) is 11.6 Å². The Bertz CT molecular complexity index is 355. The minimum absolute atomic E-state index is 0.000463. The average molecular weight is 256 g/mol. The Morgan fingerprint density at radius 2 is 2.18 bits per heavy atom. The summed E-state index contributed by atoms with van der Waals surface area (Å²) in [4.78, 5) is 0. The van der Waals surface area contributed by atoms with Crippen LogP contribution in [0.1, 0.15) is 12.8 Å². The number of methoxy groups -OCH3 is 1. The van der Waals surface area contributed by atoms with Crippen LogP contribution in [0.5, 0.6) is 5.75 Å². The number of hydrogen-bond donors (Lipinski definition) is 1. The molecular formula is C13H18ClNO2. The lowest BCUT2D eigenvalue weighted by atomic mass is 10.3. The van der Waals surface area contributed by atoms with E-state index in [1.807, 2.05) is 24.3 Å². The van der Waals surface area contributed by atoms with Gasteiger partial charge in [-0.05, 0) is 25.0 Å². The predicted molar refractivity (Wildman–Crippen MR) is 68.8 cm³/mol. The molecule has 0 amide bonds. The van der Waals surface area contributed by atoms with Gasteiger partial charge in [0.1, 0.15) is 11.9 Å². The van der Waals surface area contributed by atoms with Gasteiger partial charge in [-0.25, -0.2) is 0 Å². The first-order valence-electron chi connectivity index (χ1n) is 5.93. The predicted octanol–water partition coefficient (Wildman–Crippen LogP) is 2.49. The van der Waals surface area contributed by atoms with E-state index in [4.69, 9.17) is 21.1 Å². The molecule has 0 spiro atoms. The fourth-order valence-corrected chi connectivity index (χ4v) is 1.81. The van der Waals surface area contributed by atoms with E-state index >= 15 is 0 Å². The lowest BCUT2D eigenvalue weighted by Gasteiger charge is -2.19. The van der Waals surface area contributed by atoms with Crippen molar-refractivity contribution in [1.82, 2.24) is 5.32 Å². The molecule has 0 saturated heterocycles. The highest BCUT2D eigenvalue weighted by Gasteiger charge is 2.22. The van der Waals surface area contributed by atoms with E-state index < -0.39 is 0 Å². The van der Waals surface area contributed by atoms with Gasteiger partial charge in [-0.3, -0.25) is 0 Å². The van der Waals surface area contributed by atoms with Crippen molar-refractivity contribution in [3.05, 3.63) is 29.3 Å². The van der Waals surface area contributed by atoms with Crippen LogP contribution in [-0.2, 0) is 4.74 Å². The van der Waals surface area contributed by atoms with Gasteiger partial charge in [0.15, 0.2) is 0 Å². The molecule has 1 saturated carbocycles. The van der Waals surface area contributed by atoms with Gasteiger partial charge in [-0.15, -0.1) is 0 Å². The summed E-state index contributed by atoms with van der Waals surface area (Å²) >= 11 is 6.06. The molecule has 1 N–H and O–H groups in total. The molecule has 1 aromatic rings. The molecule has 0 bridgehead atoms. The van der Waals surface area contributed by atoms with Crippen LogP contribution in [0.2, 0.25) is 5.02 Å². The number of halogens is 1. The van der Waals surface area contributed by atoms with Crippen LogP contribution < -0.4 is 10.1 Å². The van der Waals surface area contributed by atoms with Gasteiger partial charge in [0, 0.05) is 19.7 Å². The maximum absolute atomic E-state index is 6.06. The van der Waals surface area contributed by atoms with Crippen LogP contribution in [0.25, 0.3) is 0 Å². The molecule has 0 aromatic heterocycles. The van der Waals surface area contributed by atoms with Crippen molar-refractivity contribution in [3.63, 3.8) is 0 Å². The molecule has 0 radical (unpaired) electrons. The Labute approximate surface area is 107 Å². The van der Waals surface area contributed by atoms with Gasteiger partial charge in [0.2, 0.25) is 0 Å². The van der Waals surface area contributed by atoms with Crippen molar-refractivity contribution in [2.45, 2.75) is 25.0 Å². The van der Waals surface area contributed by atoms with E-state index in [1.165, 1.54) is 12.8 Å². The molecule has 0 heterocycles. The van der Waals surface area contributed by atoms with Crippen molar-refractivity contribution < 1.29 is 9.47 Å². The third-order valence-corrected chi connectivity index (χ3v) is 3.01. The molecule has 2 rings (SSSR count). The van der Waals surface area contributed by atoms with Crippen LogP contribution in [0, 0.1) is 0 Å². The average Bonchev–Trinajstić information content (AvgIpc) is 3.13. The highest BCUT2D eigenvalue weighted by molar-refractivity contribution is 6.32. The van der Waals surface area contributed by atoms with Crippen LogP contribution in [-0.4, -0.2) is 32.4 Å². The molecule has 1 aliphatic carbocycles. The maximum Gasteiger partial charge on any atom is 0.138 e. The Morgan fingerprint density at radius 3 is 2.82 bits per heavy atom. The SMILES string of the molecule is COCC(CNC1CC1)Oc1ccccc1Cl. The van der Waals surface area contributed by atoms with Crippen molar-refractivity contribution in [2.24, 2.45) is 0 Å². The van der Waals surface area contributed by atoms with Gasteiger partial charge >= 0.3 is 0 Å². The monoisotopic (exact) mass is 255 g/mol. The number of para-hydroxylation sites is 1. The first-order chi connectivity index (χ1) is 8.29. The topological polar surface area (TPSA) is 30.5 Å². The molecule has 17 heavy (non-hydrogen) atoms. The normalized spacial score (nSPS) is 16.8. The highest BCUT2D eigenvalue weighted by atomic mass is 35.5. The van der Waals surface area contributed by atoms with Crippen molar-refractivity contribution in [2.75, 3.05) is 20.3 Å². The van der Waals surface area contributed by atoms with Crippen molar-refractivity contribution in [3.8, 4) is 5.75 Å². The van der Waals surface area contributed by atoms with Gasteiger partial charge in [-0.1, -0.05) is 23.7 Å². The van der Waals surface area contributed by atoms with Gasteiger partial charge < -0.3 is 14.8 Å². The smallest absolute Gasteiger partial charge is 0.138 e. The van der Waals surface area contributed by atoms with E-state index in [-0.39, 0.29) is 6.10 Å². The van der Waals surface area contributed by atoms with E-state index in [0.717, 1.165) is 6.54 Å². The third-order valence-electron chi connectivity index (χ3n) is 2.69. The van der Waals surface area contributed by atoms with E-state index in [0.29, 0.717) is 23.4 Å². The number of rotatable bonds is 7. The summed E-state index contributed by atoms with van der Waals surface area (Å²) in [6.45, 7) is 1.36. The van der Waals surface area contributed by atoms with E-state index in [1.54, 1.807) is 7.11 Å². The minimum Gasteiger partial charge on any atom is -0.485 e. The lowest BCUT2D eigenvalue weighted by molar-refractivity contribution is 0.0804. The number of nitrogens with one attached hydrogen (secondary N) is 1. The van der Waals surface area contributed by atoms with Crippen LogP contribution in [0.3, 0.4) is 0 Å². The second-order valence-electron chi connectivity index (χ2n) is 4.31. The first kappa shape index (κ1) is 12.7. The summed E-state index contributed by atoms with van der Waals surface area (Å²) in [5.41, 5.74) is 0. The molecule has 94 valence electrons. The quantitative estimate of drug-likeness (QED) is 0.812. The lowest BCUT2D eigenvalue weighted by Crippen LogP contribution is -2.36. The number of ether oxygens (including phenoxy) is 2. The minimum atomic E-state index is 0.000463. The first-order valence-corrected chi connectivity index (χ1v) is 6.31. The molecular weight excluding hydrogens is 238 g/mol. The molecule has 4 heteroatoms. The molecule has 1 aromatic carbocycles. The molecule has 1 fully saturated rings. The van der Waals surface area contributed by atoms with Crippen molar-refractivity contribution >= 4 is 11.6 Å². The number of benzene rings is 1. The summed E-state index contributed by atoms with van der Waals surface area (Å²) < 4.78 is 11.0. The molecule has 0 aliphatic heterocycles. The number of hydrogen-bond acceptors (Lipinski definition) is 3. The van der Waals surface area contributed by atoms with Crippen LogP contribution in [0.4, 0.5) is 0 Å². The van der Waals surface area contributed by atoms with Gasteiger partial charge in [0.25, 0.3) is 0 Å². The summed E-state index contributed by atoms with van der Waals surface area (Å²) in [6.07, 6.45) is 2.54. The molecule has 1 aliphatic rings. The Balaban J connectivity index is 1.88. The summed E-state index contributed by atoms with van der Waals surface area (Å²) in [5, 5.41) is 4.07. The highest BCUT2D eigenvalue weighted by Crippen LogP contribution is 2.24. The summed E-state index contributed by atoms with van der Waals surface area (Å²) in [6, 6.07) is 8.18. The fraction of sp³-hybridized carbons (Fsp3) is 0.538. The standard InChI is InChI=1S/C13H18ClNO2/c1-16-9-11(8-15-10-6-7-10)17-13-5-3-2-4-12(13)14/h2-5,10-11,15H,6-9H2,1H3. The van der Waals surface area contributed by atoms with E-state index in [2.05, 4.69) is 5.32 Å². The molecule has 1 atom stereocenters. The van der Waals surface area contributed by atoms with Crippen LogP contribution >= 0.6 is 11.6 Å². The zero-order valence-corrected chi connectivity index (χ0v) is 10.7. The Hall–Kier alpha value is -0.770. The second-order valence-corrected chi connectivity index (χ2v) is 4.72. The maximum atomic E-state index is 6.06. The third kappa shape index (κ3) is 4.19. The molecule has 1 unspecified atom stereocenters. The van der Waals surface area contributed by atoms with Crippen LogP contribution in [0.15, 0.2) is 24.3 Å². The van der Waals surface area contributed by atoms with Gasteiger partial charge in [-0.2, -0.15) is 0 Å². The summed E-state index contributed by atoms with van der Waals surface area (Å²) in [5.74, 6) is 0.716. The zero-order valence-electron chi connectivity index (χ0n) is 9.99. The van der Waals surface area contributed by atoms with Crippen molar-refractivity contribution in [1.29, 1.82) is 0 Å². The fourth-order valence-electron chi connectivity index (χ4n) is 1.63. The van der Waals surface area contributed by atoms with E-state index in [9.17, 15) is 0 Å². The zero-order chi connectivity index (χ0) is 12.1. The molecule has 3 nitrogen and oxygen atoms in total. The largest absolute Gasteiger partial charge is 0.485 e.